The molecule has 1 heterocycles. The highest BCUT2D eigenvalue weighted by Gasteiger charge is 2.12. The number of hydrogen-bond donors (Lipinski definition) is 1. The Bertz CT molecular complexity index is 563. The Morgan fingerprint density at radius 1 is 1.11 bits per heavy atom. The molecule has 0 saturated carbocycles. The fourth-order valence-electron chi connectivity index (χ4n) is 1.41. The van der Waals surface area contributed by atoms with Crippen LogP contribution in [-0.2, 0) is 0 Å². The van der Waals surface area contributed by atoms with Crippen molar-refractivity contribution in [2.75, 3.05) is 6.54 Å². The summed E-state index contributed by atoms with van der Waals surface area (Å²) < 4.78 is 4.93. The molecular formula is C13H10ClNO3. The zero-order valence-electron chi connectivity index (χ0n) is 9.35. The third kappa shape index (κ3) is 2.99. The molecule has 2 aromatic rings. The topological polar surface area (TPSA) is 59.3 Å². The van der Waals surface area contributed by atoms with Crippen LogP contribution in [0.15, 0.2) is 46.9 Å². The van der Waals surface area contributed by atoms with Gasteiger partial charge in [-0.3, -0.25) is 9.59 Å². The molecule has 0 aliphatic carbocycles. The number of nitrogens with one attached hydrogen (secondary N) is 1. The van der Waals surface area contributed by atoms with E-state index in [2.05, 4.69) is 5.32 Å². The average Bonchev–Trinajstić information content (AvgIpc) is 2.83. The lowest BCUT2D eigenvalue weighted by Crippen LogP contribution is -2.29. The highest BCUT2D eigenvalue weighted by atomic mass is 35.5. The minimum atomic E-state index is -0.466. The van der Waals surface area contributed by atoms with Crippen LogP contribution in [0, 0.1) is 0 Å². The van der Waals surface area contributed by atoms with Gasteiger partial charge in [0.15, 0.2) is 16.8 Å². The van der Waals surface area contributed by atoms with E-state index < -0.39 is 5.91 Å². The van der Waals surface area contributed by atoms with E-state index in [0.29, 0.717) is 5.56 Å². The van der Waals surface area contributed by atoms with Gasteiger partial charge in [-0.1, -0.05) is 30.3 Å². The molecule has 0 bridgehead atoms. The number of halogens is 1. The van der Waals surface area contributed by atoms with Gasteiger partial charge in [0, 0.05) is 5.56 Å². The highest BCUT2D eigenvalue weighted by Crippen LogP contribution is 2.12. The summed E-state index contributed by atoms with van der Waals surface area (Å²) in [6.45, 7) is -0.0822. The predicted octanol–water partition coefficient (Wildman–Crippen LogP) is 2.55. The Hall–Kier alpha value is -2.07. The van der Waals surface area contributed by atoms with Gasteiger partial charge in [-0.25, -0.2) is 0 Å². The van der Waals surface area contributed by atoms with Gasteiger partial charge in [0.2, 0.25) is 0 Å². The lowest BCUT2D eigenvalue weighted by molar-refractivity contribution is 0.0885. The Kier molecular flexibility index (Phi) is 3.79. The van der Waals surface area contributed by atoms with Crippen molar-refractivity contribution in [3.05, 3.63) is 59.0 Å². The SMILES string of the molecule is O=C(CNC(=O)c1ccc(Cl)o1)c1ccccc1. The Labute approximate surface area is 109 Å². The van der Waals surface area contributed by atoms with Crippen LogP contribution >= 0.6 is 11.6 Å². The van der Waals surface area contributed by atoms with Gasteiger partial charge in [0.05, 0.1) is 6.54 Å². The fraction of sp³-hybridized carbons (Fsp3) is 0.0769. The number of hydrogen-bond acceptors (Lipinski definition) is 3. The summed E-state index contributed by atoms with van der Waals surface area (Å²) in [5.41, 5.74) is 0.551. The van der Waals surface area contributed by atoms with Crippen LogP contribution in [0.4, 0.5) is 0 Å². The lowest BCUT2D eigenvalue weighted by Gasteiger charge is -2.02. The largest absolute Gasteiger partial charge is 0.440 e. The summed E-state index contributed by atoms with van der Waals surface area (Å²) in [4.78, 5) is 23.3. The van der Waals surface area contributed by atoms with Crippen LogP contribution in [0.1, 0.15) is 20.9 Å². The molecular weight excluding hydrogens is 254 g/mol. The summed E-state index contributed by atoms with van der Waals surface area (Å²) in [5, 5.41) is 2.60. The molecule has 92 valence electrons. The van der Waals surface area contributed by atoms with E-state index in [-0.39, 0.29) is 23.3 Å². The second-order valence-corrected chi connectivity index (χ2v) is 3.95. The first-order valence-corrected chi connectivity index (χ1v) is 5.66. The van der Waals surface area contributed by atoms with Crippen LogP contribution in [0.2, 0.25) is 5.22 Å². The molecule has 0 saturated heterocycles. The Morgan fingerprint density at radius 3 is 2.44 bits per heavy atom. The van der Waals surface area contributed by atoms with E-state index in [9.17, 15) is 9.59 Å². The van der Waals surface area contributed by atoms with Gasteiger partial charge in [0.1, 0.15) is 0 Å². The summed E-state index contributed by atoms with van der Waals surface area (Å²) in [5.74, 6) is -0.548. The van der Waals surface area contributed by atoms with E-state index in [4.69, 9.17) is 16.0 Å². The first kappa shape index (κ1) is 12.4. The van der Waals surface area contributed by atoms with E-state index in [1.165, 1.54) is 12.1 Å². The molecule has 0 fully saturated rings. The van der Waals surface area contributed by atoms with Gasteiger partial charge in [-0.15, -0.1) is 0 Å². The maximum atomic E-state index is 11.7. The second kappa shape index (κ2) is 5.51. The number of carbonyl (C=O) groups is 2. The summed E-state index contributed by atoms with van der Waals surface area (Å²) >= 11 is 5.55. The quantitative estimate of drug-likeness (QED) is 0.863. The third-order valence-electron chi connectivity index (χ3n) is 2.30. The van der Waals surface area contributed by atoms with Crippen molar-refractivity contribution in [2.24, 2.45) is 0 Å². The van der Waals surface area contributed by atoms with Crippen LogP contribution in [0.5, 0.6) is 0 Å². The molecule has 0 aliphatic heterocycles. The number of rotatable bonds is 4. The normalized spacial score (nSPS) is 10.1. The molecule has 18 heavy (non-hydrogen) atoms. The smallest absolute Gasteiger partial charge is 0.287 e. The van der Waals surface area contributed by atoms with Crippen LogP contribution in [0.25, 0.3) is 0 Å². The monoisotopic (exact) mass is 263 g/mol. The highest BCUT2D eigenvalue weighted by molar-refractivity contribution is 6.29. The van der Waals surface area contributed by atoms with E-state index in [1.807, 2.05) is 6.07 Å². The summed E-state index contributed by atoms with van der Waals surface area (Å²) in [6.07, 6.45) is 0. The maximum absolute atomic E-state index is 11.7. The Morgan fingerprint density at radius 2 is 1.83 bits per heavy atom. The molecule has 0 atom stereocenters. The van der Waals surface area contributed by atoms with Crippen molar-refractivity contribution >= 4 is 23.3 Å². The summed E-state index contributed by atoms with van der Waals surface area (Å²) in [7, 11) is 0. The van der Waals surface area contributed by atoms with Crippen molar-refractivity contribution in [1.29, 1.82) is 0 Å². The number of benzene rings is 1. The minimum Gasteiger partial charge on any atom is -0.440 e. The van der Waals surface area contributed by atoms with Gasteiger partial charge < -0.3 is 9.73 Å². The van der Waals surface area contributed by atoms with Gasteiger partial charge in [-0.2, -0.15) is 0 Å². The second-order valence-electron chi connectivity index (χ2n) is 3.58. The molecule has 1 aromatic carbocycles. The minimum absolute atomic E-state index is 0.0822. The van der Waals surface area contributed by atoms with E-state index in [0.717, 1.165) is 0 Å². The van der Waals surface area contributed by atoms with Crippen LogP contribution in [-0.4, -0.2) is 18.2 Å². The van der Waals surface area contributed by atoms with Crippen LogP contribution < -0.4 is 5.32 Å². The fourth-order valence-corrected chi connectivity index (χ4v) is 1.56. The molecule has 4 nitrogen and oxygen atoms in total. The van der Waals surface area contributed by atoms with Crippen molar-refractivity contribution in [2.45, 2.75) is 0 Å². The number of Topliss-reactive ketones (excluding diaryl/α,β-unsaturated/α-hetero) is 1. The number of carbonyl (C=O) groups excluding carboxylic acids is 2. The van der Waals surface area contributed by atoms with Crippen molar-refractivity contribution in [1.82, 2.24) is 5.32 Å². The number of furan rings is 1. The zero-order chi connectivity index (χ0) is 13.0. The standard InChI is InChI=1S/C13H10ClNO3/c14-12-7-6-11(18-12)13(17)15-8-10(16)9-4-2-1-3-5-9/h1-7H,8H2,(H,15,17). The molecule has 0 spiro atoms. The molecule has 1 amide bonds. The van der Waals surface area contributed by atoms with E-state index >= 15 is 0 Å². The molecule has 0 unspecified atom stereocenters. The first-order chi connectivity index (χ1) is 8.66. The Balaban J connectivity index is 1.92. The predicted molar refractivity (Wildman–Crippen MR) is 66.8 cm³/mol. The van der Waals surface area contributed by atoms with Crippen molar-refractivity contribution in [3.8, 4) is 0 Å². The zero-order valence-corrected chi connectivity index (χ0v) is 10.1. The van der Waals surface area contributed by atoms with Gasteiger partial charge in [-0.05, 0) is 23.7 Å². The number of ketones is 1. The van der Waals surface area contributed by atoms with Crippen molar-refractivity contribution < 1.29 is 14.0 Å². The summed E-state index contributed by atoms with van der Waals surface area (Å²) in [6, 6.07) is 11.7. The van der Waals surface area contributed by atoms with Crippen LogP contribution in [0.3, 0.4) is 0 Å². The lowest BCUT2D eigenvalue weighted by atomic mass is 10.1. The molecule has 0 aliphatic rings. The molecule has 0 radical (unpaired) electrons. The van der Waals surface area contributed by atoms with Gasteiger partial charge >= 0.3 is 0 Å². The average molecular weight is 264 g/mol. The van der Waals surface area contributed by atoms with E-state index in [1.54, 1.807) is 24.3 Å². The molecule has 1 aromatic heterocycles. The third-order valence-corrected chi connectivity index (χ3v) is 2.51. The molecule has 5 heteroatoms. The number of amides is 1. The van der Waals surface area contributed by atoms with Gasteiger partial charge in [0.25, 0.3) is 5.91 Å². The van der Waals surface area contributed by atoms with Crippen molar-refractivity contribution in [3.63, 3.8) is 0 Å². The molecule has 2 rings (SSSR count). The first-order valence-electron chi connectivity index (χ1n) is 5.28. The maximum Gasteiger partial charge on any atom is 0.287 e. The molecule has 1 N–H and O–H groups in total.